The molecule has 0 aliphatic heterocycles. The lowest BCUT2D eigenvalue weighted by Crippen LogP contribution is -2.18. The first-order chi connectivity index (χ1) is 11.0. The largest absolute Gasteiger partial charge is 0.466 e. The molecule has 1 aliphatic carbocycles. The first-order valence-corrected chi connectivity index (χ1v) is 8.50. The van der Waals surface area contributed by atoms with Crippen LogP contribution in [-0.2, 0) is 19.1 Å². The molecule has 5 heteroatoms. The van der Waals surface area contributed by atoms with Crippen LogP contribution in [0.4, 0.5) is 0 Å². The maximum atomic E-state index is 12.0. The van der Waals surface area contributed by atoms with E-state index in [1.54, 1.807) is 13.0 Å². The molecule has 0 amide bonds. The zero-order chi connectivity index (χ0) is 17.2. The van der Waals surface area contributed by atoms with Gasteiger partial charge in [0, 0.05) is 24.7 Å². The van der Waals surface area contributed by atoms with Crippen LogP contribution in [0.25, 0.3) is 0 Å². The second-order valence-corrected chi connectivity index (χ2v) is 6.15. The first-order valence-electron chi connectivity index (χ1n) is 8.50. The highest BCUT2D eigenvalue weighted by molar-refractivity contribution is 5.88. The number of ether oxygens (including phenoxy) is 1. The fourth-order valence-electron chi connectivity index (χ4n) is 3.06. The lowest BCUT2D eigenvalue weighted by Gasteiger charge is -2.17. The third-order valence-electron chi connectivity index (χ3n) is 4.24. The number of aliphatic hydroxyl groups is 1. The molecule has 130 valence electrons. The molecule has 1 N–H and O–H groups in total. The Labute approximate surface area is 138 Å². The number of unbranched alkanes of at least 4 members (excludes halogenated alkanes) is 3. The number of esters is 1. The van der Waals surface area contributed by atoms with E-state index in [0.717, 1.165) is 32.1 Å². The predicted octanol–water partition coefficient (Wildman–Crippen LogP) is 2.60. The van der Waals surface area contributed by atoms with Crippen LogP contribution in [0, 0.1) is 11.8 Å². The Morgan fingerprint density at radius 3 is 2.61 bits per heavy atom. The lowest BCUT2D eigenvalue weighted by atomic mass is 9.88. The van der Waals surface area contributed by atoms with Gasteiger partial charge in [0.1, 0.15) is 5.78 Å². The molecule has 0 aromatic carbocycles. The van der Waals surface area contributed by atoms with E-state index >= 15 is 0 Å². The van der Waals surface area contributed by atoms with E-state index in [4.69, 9.17) is 4.74 Å². The van der Waals surface area contributed by atoms with E-state index < -0.39 is 6.10 Å². The van der Waals surface area contributed by atoms with Crippen molar-refractivity contribution in [2.24, 2.45) is 11.8 Å². The second kappa shape index (κ2) is 10.3. The minimum absolute atomic E-state index is 0.0748. The molecule has 0 radical (unpaired) electrons. The number of hydrogen-bond acceptors (Lipinski definition) is 5. The van der Waals surface area contributed by atoms with Crippen LogP contribution in [0.5, 0.6) is 0 Å². The van der Waals surface area contributed by atoms with Crippen LogP contribution in [0.15, 0.2) is 12.2 Å². The Morgan fingerprint density at radius 1 is 1.26 bits per heavy atom. The van der Waals surface area contributed by atoms with Crippen molar-refractivity contribution in [3.63, 3.8) is 0 Å². The van der Waals surface area contributed by atoms with Crippen LogP contribution in [0.2, 0.25) is 0 Å². The van der Waals surface area contributed by atoms with Crippen molar-refractivity contribution in [1.82, 2.24) is 0 Å². The molecular weight excluding hydrogens is 296 g/mol. The third kappa shape index (κ3) is 7.08. The Hall–Kier alpha value is -1.49. The van der Waals surface area contributed by atoms with E-state index in [1.807, 2.05) is 0 Å². The molecule has 0 saturated heterocycles. The van der Waals surface area contributed by atoms with E-state index in [1.165, 1.54) is 13.0 Å². The van der Waals surface area contributed by atoms with Gasteiger partial charge in [-0.3, -0.25) is 14.4 Å². The molecule has 5 nitrogen and oxygen atoms in total. The summed E-state index contributed by atoms with van der Waals surface area (Å²) in [6, 6.07) is 0. The molecule has 1 aliphatic rings. The molecule has 1 saturated carbocycles. The van der Waals surface area contributed by atoms with Crippen molar-refractivity contribution in [3.8, 4) is 0 Å². The molecule has 1 fully saturated rings. The van der Waals surface area contributed by atoms with Gasteiger partial charge in [-0.1, -0.05) is 25.3 Å². The van der Waals surface area contributed by atoms with Gasteiger partial charge in [-0.05, 0) is 32.8 Å². The van der Waals surface area contributed by atoms with Crippen molar-refractivity contribution in [1.29, 1.82) is 0 Å². The smallest absolute Gasteiger partial charge is 0.305 e. The van der Waals surface area contributed by atoms with Crippen LogP contribution >= 0.6 is 0 Å². The molecule has 0 aromatic heterocycles. The summed E-state index contributed by atoms with van der Waals surface area (Å²) in [4.78, 5) is 34.2. The summed E-state index contributed by atoms with van der Waals surface area (Å²) in [6.45, 7) is 3.67. The van der Waals surface area contributed by atoms with E-state index in [9.17, 15) is 19.5 Å². The van der Waals surface area contributed by atoms with Crippen LogP contribution < -0.4 is 0 Å². The maximum Gasteiger partial charge on any atom is 0.305 e. The van der Waals surface area contributed by atoms with Gasteiger partial charge in [-0.15, -0.1) is 0 Å². The van der Waals surface area contributed by atoms with Gasteiger partial charge in [-0.2, -0.15) is 0 Å². The number of hydrogen-bond donors (Lipinski definition) is 1. The van der Waals surface area contributed by atoms with Gasteiger partial charge in [0.2, 0.25) is 0 Å². The fourth-order valence-corrected chi connectivity index (χ4v) is 3.06. The summed E-state index contributed by atoms with van der Waals surface area (Å²) in [6.07, 6.45) is 7.36. The third-order valence-corrected chi connectivity index (χ3v) is 4.24. The molecule has 0 heterocycles. The average Bonchev–Trinajstić information content (AvgIpc) is 2.74. The first kappa shape index (κ1) is 19.6. The molecule has 0 bridgehead atoms. The highest BCUT2D eigenvalue weighted by Gasteiger charge is 2.39. The van der Waals surface area contributed by atoms with Gasteiger partial charge >= 0.3 is 5.97 Å². The minimum Gasteiger partial charge on any atom is -0.466 e. The number of Topliss-reactive ketones (excluding diaryl/α,β-unsaturated/α-hetero) is 1. The Bertz CT molecular complexity index is 441. The summed E-state index contributed by atoms with van der Waals surface area (Å²) in [5, 5.41) is 9.96. The Kier molecular flexibility index (Phi) is 8.77. The maximum absolute atomic E-state index is 12.0. The van der Waals surface area contributed by atoms with Crippen molar-refractivity contribution < 1.29 is 24.2 Å². The van der Waals surface area contributed by atoms with Crippen molar-refractivity contribution >= 4 is 17.5 Å². The Balaban J connectivity index is 2.30. The van der Waals surface area contributed by atoms with Crippen LogP contribution in [0.1, 0.15) is 58.8 Å². The van der Waals surface area contributed by atoms with Crippen LogP contribution in [-0.4, -0.2) is 35.4 Å². The van der Waals surface area contributed by atoms with Crippen LogP contribution in [0.3, 0.4) is 0 Å². The number of aliphatic hydroxyl groups excluding tert-OH is 1. The van der Waals surface area contributed by atoms with Gasteiger partial charge in [0.15, 0.2) is 5.78 Å². The van der Waals surface area contributed by atoms with Gasteiger partial charge in [-0.25, -0.2) is 0 Å². The summed E-state index contributed by atoms with van der Waals surface area (Å²) >= 11 is 0. The van der Waals surface area contributed by atoms with Gasteiger partial charge < -0.3 is 9.84 Å². The molecule has 0 unspecified atom stereocenters. The quantitative estimate of drug-likeness (QED) is 0.379. The standard InChI is InChI=1S/C18H28O5/c1-3-23-18(22)9-7-5-4-6-8-14-15(11-10-13(2)19)17(21)12-16(14)20/h10-11,14-15,17,21H,3-9,12H2,1-2H3/t14-,15+,17+/m1/s1. The monoisotopic (exact) mass is 324 g/mol. The highest BCUT2D eigenvalue weighted by atomic mass is 16.5. The summed E-state index contributed by atoms with van der Waals surface area (Å²) < 4.78 is 4.87. The zero-order valence-electron chi connectivity index (χ0n) is 14.1. The second-order valence-electron chi connectivity index (χ2n) is 6.15. The van der Waals surface area contributed by atoms with Crippen molar-refractivity contribution in [3.05, 3.63) is 12.2 Å². The molecule has 1 rings (SSSR count). The topological polar surface area (TPSA) is 80.7 Å². The van der Waals surface area contributed by atoms with E-state index in [2.05, 4.69) is 0 Å². The SMILES string of the molecule is CCOC(=O)CCCCCC[C@H]1C(=O)C[C@H](O)[C@H]1C=CC(C)=O. The number of allylic oxidation sites excluding steroid dienone is 1. The number of rotatable bonds is 10. The van der Waals surface area contributed by atoms with Crippen molar-refractivity contribution in [2.75, 3.05) is 6.61 Å². The van der Waals surface area contributed by atoms with E-state index in [0.29, 0.717) is 13.0 Å². The number of carbonyl (C=O) groups excluding carboxylic acids is 3. The average molecular weight is 324 g/mol. The summed E-state index contributed by atoms with van der Waals surface area (Å²) in [5.74, 6) is -0.580. The van der Waals surface area contributed by atoms with Crippen molar-refractivity contribution in [2.45, 2.75) is 64.9 Å². The fraction of sp³-hybridized carbons (Fsp3) is 0.722. The molecule has 3 atom stereocenters. The normalized spacial score (nSPS) is 24.3. The number of carbonyl (C=O) groups is 3. The predicted molar refractivity (Wildman–Crippen MR) is 86.8 cm³/mol. The molecule has 0 aromatic rings. The Morgan fingerprint density at radius 2 is 1.96 bits per heavy atom. The highest BCUT2D eigenvalue weighted by Crippen LogP contribution is 2.34. The molecule has 0 spiro atoms. The molecular formula is C18H28O5. The minimum atomic E-state index is -0.674. The van der Waals surface area contributed by atoms with Gasteiger partial charge in [0.25, 0.3) is 0 Å². The van der Waals surface area contributed by atoms with E-state index in [-0.39, 0.29) is 35.8 Å². The summed E-state index contributed by atoms with van der Waals surface area (Å²) in [7, 11) is 0. The van der Waals surface area contributed by atoms with Gasteiger partial charge in [0.05, 0.1) is 12.7 Å². The molecule has 23 heavy (non-hydrogen) atoms. The lowest BCUT2D eigenvalue weighted by molar-refractivity contribution is -0.143. The zero-order valence-corrected chi connectivity index (χ0v) is 14.1. The number of ketones is 2. The summed E-state index contributed by atoms with van der Waals surface area (Å²) in [5.41, 5.74) is 0.